The fraction of sp³-hybridized carbons (Fsp3) is 0.182. The van der Waals surface area contributed by atoms with Crippen molar-refractivity contribution in [2.45, 2.75) is 12.5 Å². The fourth-order valence-electron chi connectivity index (χ4n) is 1.94. The van der Waals surface area contributed by atoms with Gasteiger partial charge < -0.3 is 0 Å². The van der Waals surface area contributed by atoms with E-state index in [1.807, 2.05) is 30.3 Å². The van der Waals surface area contributed by atoms with E-state index >= 15 is 0 Å². The van der Waals surface area contributed by atoms with Crippen LogP contribution in [0.4, 0.5) is 5.95 Å². The number of hydrogen-bond donors (Lipinski definition) is 1. The zero-order chi connectivity index (χ0) is 11.0. The van der Waals surface area contributed by atoms with Gasteiger partial charge in [0, 0.05) is 0 Å². The van der Waals surface area contributed by atoms with Crippen molar-refractivity contribution in [2.24, 2.45) is 0 Å². The maximum Gasteiger partial charge on any atom is 0.229 e. The molecule has 1 aromatic heterocycles. The van der Waals surface area contributed by atoms with E-state index in [4.69, 9.17) is 0 Å². The fourth-order valence-corrected chi connectivity index (χ4v) is 1.94. The molecule has 3 rings (SSSR count). The van der Waals surface area contributed by atoms with E-state index < -0.39 is 0 Å². The van der Waals surface area contributed by atoms with Crippen LogP contribution in [0.5, 0.6) is 0 Å². The topological polar surface area (TPSA) is 59.8 Å². The molecule has 0 radical (unpaired) electrons. The van der Waals surface area contributed by atoms with Crippen LogP contribution >= 0.6 is 0 Å². The van der Waals surface area contributed by atoms with Crippen molar-refractivity contribution in [2.75, 3.05) is 5.32 Å². The summed E-state index contributed by atoms with van der Waals surface area (Å²) in [4.78, 5) is 15.5. The SMILES string of the molecule is O=C1C[C@H](c2ccccc2)n2ncnc2N1. The molecule has 5 heteroatoms. The molecule has 0 spiro atoms. The molecule has 0 unspecified atom stereocenters. The summed E-state index contributed by atoms with van der Waals surface area (Å²) in [7, 11) is 0. The maximum absolute atomic E-state index is 11.5. The van der Waals surface area contributed by atoms with Crippen LogP contribution in [0.25, 0.3) is 0 Å². The number of nitrogens with one attached hydrogen (secondary N) is 1. The van der Waals surface area contributed by atoms with Crippen molar-refractivity contribution in [3.8, 4) is 0 Å². The molecule has 0 fully saturated rings. The van der Waals surface area contributed by atoms with Crippen LogP contribution in [-0.2, 0) is 4.79 Å². The van der Waals surface area contributed by atoms with Crippen molar-refractivity contribution in [3.05, 3.63) is 42.2 Å². The lowest BCUT2D eigenvalue weighted by Crippen LogP contribution is -2.29. The molecule has 16 heavy (non-hydrogen) atoms. The standard InChI is InChI=1S/C11H10N4O/c16-10-6-9(8-4-2-1-3-5-8)15-11(14-10)12-7-13-15/h1-5,7,9H,6H2,(H,12,13,14,16)/t9-/m1/s1. The summed E-state index contributed by atoms with van der Waals surface area (Å²) >= 11 is 0. The number of carbonyl (C=O) groups is 1. The Kier molecular flexibility index (Phi) is 1.96. The molecule has 1 N–H and O–H groups in total. The minimum Gasteiger partial charge on any atom is -0.295 e. The Labute approximate surface area is 92.1 Å². The molecule has 80 valence electrons. The predicted molar refractivity (Wildman–Crippen MR) is 57.8 cm³/mol. The molecule has 1 aliphatic rings. The Hall–Kier alpha value is -2.17. The van der Waals surface area contributed by atoms with Crippen LogP contribution in [-0.4, -0.2) is 20.7 Å². The quantitative estimate of drug-likeness (QED) is 0.776. The Morgan fingerprint density at radius 3 is 2.94 bits per heavy atom. The van der Waals surface area contributed by atoms with E-state index in [0.29, 0.717) is 12.4 Å². The molecule has 1 aliphatic heterocycles. The second-order valence-electron chi connectivity index (χ2n) is 3.71. The van der Waals surface area contributed by atoms with Gasteiger partial charge in [-0.2, -0.15) is 10.1 Å². The highest BCUT2D eigenvalue weighted by molar-refractivity contribution is 5.91. The van der Waals surface area contributed by atoms with E-state index in [1.165, 1.54) is 6.33 Å². The molecule has 1 amide bonds. The minimum atomic E-state index is -0.0487. The first-order valence-corrected chi connectivity index (χ1v) is 5.09. The van der Waals surface area contributed by atoms with E-state index in [1.54, 1.807) is 4.68 Å². The van der Waals surface area contributed by atoms with Crippen molar-refractivity contribution in [1.29, 1.82) is 0 Å². The molecule has 0 saturated carbocycles. The maximum atomic E-state index is 11.5. The Balaban J connectivity index is 2.07. The van der Waals surface area contributed by atoms with Gasteiger partial charge in [-0.1, -0.05) is 30.3 Å². The molecular weight excluding hydrogens is 204 g/mol. The monoisotopic (exact) mass is 214 g/mol. The number of anilines is 1. The third-order valence-corrected chi connectivity index (χ3v) is 2.68. The Morgan fingerprint density at radius 1 is 1.31 bits per heavy atom. The van der Waals surface area contributed by atoms with Gasteiger partial charge in [0.05, 0.1) is 12.5 Å². The summed E-state index contributed by atoms with van der Waals surface area (Å²) in [5, 5.41) is 6.83. The number of nitrogens with zero attached hydrogens (tertiary/aromatic N) is 3. The van der Waals surface area contributed by atoms with E-state index in [9.17, 15) is 4.79 Å². The third-order valence-electron chi connectivity index (χ3n) is 2.68. The first-order valence-electron chi connectivity index (χ1n) is 5.09. The van der Waals surface area contributed by atoms with Gasteiger partial charge in [-0.3, -0.25) is 10.1 Å². The number of hydrogen-bond acceptors (Lipinski definition) is 3. The highest BCUT2D eigenvalue weighted by Crippen LogP contribution is 2.27. The minimum absolute atomic E-state index is 0.0191. The lowest BCUT2D eigenvalue weighted by Gasteiger charge is -2.23. The molecule has 0 aliphatic carbocycles. The lowest BCUT2D eigenvalue weighted by molar-refractivity contribution is -0.117. The van der Waals surface area contributed by atoms with Gasteiger partial charge in [0.25, 0.3) is 0 Å². The van der Waals surface area contributed by atoms with Gasteiger partial charge in [0.2, 0.25) is 11.9 Å². The first kappa shape index (κ1) is 9.08. The second-order valence-corrected chi connectivity index (χ2v) is 3.71. The van der Waals surface area contributed by atoms with Crippen molar-refractivity contribution < 1.29 is 4.79 Å². The normalized spacial score (nSPS) is 19.0. The van der Waals surface area contributed by atoms with Gasteiger partial charge in [-0.05, 0) is 5.56 Å². The highest BCUT2D eigenvalue weighted by atomic mass is 16.2. The average molecular weight is 214 g/mol. The lowest BCUT2D eigenvalue weighted by atomic mass is 10.0. The molecule has 2 aromatic rings. The third kappa shape index (κ3) is 1.37. The average Bonchev–Trinajstić information content (AvgIpc) is 2.77. The zero-order valence-corrected chi connectivity index (χ0v) is 8.50. The molecule has 2 heterocycles. The zero-order valence-electron chi connectivity index (χ0n) is 8.50. The number of carbonyl (C=O) groups excluding carboxylic acids is 1. The molecule has 1 atom stereocenters. The van der Waals surface area contributed by atoms with Crippen LogP contribution < -0.4 is 5.32 Å². The Morgan fingerprint density at radius 2 is 2.12 bits per heavy atom. The molecule has 0 saturated heterocycles. The number of benzene rings is 1. The van der Waals surface area contributed by atoms with Gasteiger partial charge in [-0.25, -0.2) is 4.68 Å². The van der Waals surface area contributed by atoms with Crippen molar-refractivity contribution >= 4 is 11.9 Å². The van der Waals surface area contributed by atoms with Crippen LogP contribution in [0, 0.1) is 0 Å². The Bertz CT molecular complexity index is 520. The number of fused-ring (bicyclic) bond motifs is 1. The molecular formula is C11H10N4O. The van der Waals surface area contributed by atoms with E-state index in [-0.39, 0.29) is 11.9 Å². The van der Waals surface area contributed by atoms with Gasteiger partial charge in [0.1, 0.15) is 6.33 Å². The number of aromatic nitrogens is 3. The van der Waals surface area contributed by atoms with Gasteiger partial charge in [-0.15, -0.1) is 0 Å². The van der Waals surface area contributed by atoms with E-state index in [2.05, 4.69) is 15.4 Å². The summed E-state index contributed by atoms with van der Waals surface area (Å²) in [6.07, 6.45) is 1.86. The summed E-state index contributed by atoms with van der Waals surface area (Å²) in [6, 6.07) is 9.81. The molecule has 0 bridgehead atoms. The molecule has 1 aromatic carbocycles. The number of rotatable bonds is 1. The predicted octanol–water partition coefficient (Wildman–Crippen LogP) is 1.21. The van der Waals surface area contributed by atoms with Crippen molar-refractivity contribution in [3.63, 3.8) is 0 Å². The van der Waals surface area contributed by atoms with Crippen LogP contribution in [0.3, 0.4) is 0 Å². The summed E-state index contributed by atoms with van der Waals surface area (Å²) in [6.45, 7) is 0. The van der Waals surface area contributed by atoms with Crippen LogP contribution in [0.15, 0.2) is 36.7 Å². The van der Waals surface area contributed by atoms with Gasteiger partial charge >= 0.3 is 0 Å². The van der Waals surface area contributed by atoms with Crippen LogP contribution in [0.1, 0.15) is 18.0 Å². The van der Waals surface area contributed by atoms with Crippen LogP contribution in [0.2, 0.25) is 0 Å². The largest absolute Gasteiger partial charge is 0.295 e. The van der Waals surface area contributed by atoms with E-state index in [0.717, 1.165) is 5.56 Å². The smallest absolute Gasteiger partial charge is 0.229 e. The summed E-state index contributed by atoms with van der Waals surface area (Å²) in [5.41, 5.74) is 1.07. The number of amides is 1. The second kappa shape index (κ2) is 3.44. The molecule has 5 nitrogen and oxygen atoms in total. The summed E-state index contributed by atoms with van der Waals surface area (Å²) in [5.74, 6) is 0.499. The highest BCUT2D eigenvalue weighted by Gasteiger charge is 2.27. The van der Waals surface area contributed by atoms with Crippen molar-refractivity contribution in [1.82, 2.24) is 14.8 Å². The first-order chi connectivity index (χ1) is 7.84. The van der Waals surface area contributed by atoms with Gasteiger partial charge in [0.15, 0.2) is 0 Å². The summed E-state index contributed by atoms with van der Waals surface area (Å²) < 4.78 is 1.75.